The van der Waals surface area contributed by atoms with Gasteiger partial charge in [0.1, 0.15) is 18.1 Å². The van der Waals surface area contributed by atoms with Gasteiger partial charge in [-0.2, -0.15) is 4.98 Å². The van der Waals surface area contributed by atoms with Gasteiger partial charge in [-0.05, 0) is 12.8 Å². The number of carbonyl (C=O) groups is 1. The van der Waals surface area contributed by atoms with Crippen molar-refractivity contribution in [3.8, 4) is 5.95 Å². The van der Waals surface area contributed by atoms with Gasteiger partial charge in [0.15, 0.2) is 5.82 Å². The summed E-state index contributed by atoms with van der Waals surface area (Å²) in [4.78, 5) is 29.8. The second kappa shape index (κ2) is 5.86. The lowest BCUT2D eigenvalue weighted by atomic mass is 10.0. The number of hydrogen-bond donors (Lipinski definition) is 0. The number of carbonyl (C=O) groups excluding carboxylic acids is 1. The van der Waals surface area contributed by atoms with Crippen LogP contribution in [0.25, 0.3) is 5.95 Å². The molecule has 2 aliphatic rings. The third-order valence-electron chi connectivity index (χ3n) is 4.72. The number of imidazole rings is 1. The van der Waals surface area contributed by atoms with Crippen molar-refractivity contribution in [1.82, 2.24) is 19.5 Å². The van der Waals surface area contributed by atoms with Crippen molar-refractivity contribution in [2.45, 2.75) is 31.8 Å². The van der Waals surface area contributed by atoms with E-state index in [0.29, 0.717) is 12.6 Å². The van der Waals surface area contributed by atoms with Crippen molar-refractivity contribution in [3.05, 3.63) is 24.9 Å². The minimum atomic E-state index is -0.222. The molecule has 8 nitrogen and oxygen atoms in total. The third kappa shape index (κ3) is 2.25. The van der Waals surface area contributed by atoms with Crippen LogP contribution in [0.5, 0.6) is 0 Å². The number of rotatable bonds is 3. The number of amides is 1. The lowest BCUT2D eigenvalue weighted by molar-refractivity contribution is -0.120. The summed E-state index contributed by atoms with van der Waals surface area (Å²) in [6, 6.07) is -0.0587. The molecule has 0 N–H and O–H groups in total. The molecule has 1 fully saturated rings. The molecule has 2 aromatic heterocycles. The molecular weight excluding hydrogens is 308 g/mol. The van der Waals surface area contributed by atoms with Crippen LogP contribution in [0.3, 0.4) is 0 Å². The average molecular weight is 328 g/mol. The van der Waals surface area contributed by atoms with Gasteiger partial charge in [0.2, 0.25) is 11.9 Å². The molecule has 0 aromatic carbocycles. The standard InChI is InChI=1S/C16H20N6O2/c1-3-12-15(23)20(2)13-8-18-16(21-6-5-17-10-21)19-14(13)22(12)11-4-7-24-9-11/h5-6,8,10-12H,3-4,7,9H2,1-2H3/t11?,12-/m1/s1. The van der Waals surface area contributed by atoms with Crippen molar-refractivity contribution in [3.63, 3.8) is 0 Å². The largest absolute Gasteiger partial charge is 0.379 e. The van der Waals surface area contributed by atoms with E-state index in [1.54, 1.807) is 41.4 Å². The first-order chi connectivity index (χ1) is 11.7. The van der Waals surface area contributed by atoms with Gasteiger partial charge in [0.25, 0.3) is 0 Å². The number of anilines is 2. The molecule has 2 aliphatic heterocycles. The molecule has 1 saturated heterocycles. The molecule has 2 atom stereocenters. The van der Waals surface area contributed by atoms with E-state index in [4.69, 9.17) is 9.72 Å². The van der Waals surface area contributed by atoms with Crippen LogP contribution in [0.4, 0.5) is 11.5 Å². The zero-order chi connectivity index (χ0) is 16.7. The molecule has 4 rings (SSSR count). The summed E-state index contributed by atoms with van der Waals surface area (Å²) in [7, 11) is 1.78. The van der Waals surface area contributed by atoms with Crippen molar-refractivity contribution in [2.75, 3.05) is 30.1 Å². The van der Waals surface area contributed by atoms with Crippen molar-refractivity contribution in [1.29, 1.82) is 0 Å². The summed E-state index contributed by atoms with van der Waals surface area (Å²) in [6.45, 7) is 3.37. The van der Waals surface area contributed by atoms with Gasteiger partial charge in [0.05, 0.1) is 18.8 Å². The van der Waals surface area contributed by atoms with Crippen LogP contribution in [0.15, 0.2) is 24.9 Å². The van der Waals surface area contributed by atoms with E-state index in [1.165, 1.54) is 0 Å². The summed E-state index contributed by atoms with van der Waals surface area (Å²) in [5, 5.41) is 0. The lowest BCUT2D eigenvalue weighted by Gasteiger charge is -2.43. The maximum Gasteiger partial charge on any atom is 0.249 e. The molecule has 8 heteroatoms. The summed E-state index contributed by atoms with van der Waals surface area (Å²) in [6.07, 6.45) is 8.50. The molecule has 0 radical (unpaired) electrons. The molecule has 0 aliphatic carbocycles. The van der Waals surface area contributed by atoms with Gasteiger partial charge in [-0.1, -0.05) is 6.92 Å². The normalized spacial score (nSPS) is 23.7. The van der Waals surface area contributed by atoms with Crippen LogP contribution >= 0.6 is 0 Å². The van der Waals surface area contributed by atoms with E-state index in [9.17, 15) is 4.79 Å². The fraction of sp³-hybridized carbons (Fsp3) is 0.500. The molecule has 126 valence electrons. The summed E-state index contributed by atoms with van der Waals surface area (Å²) < 4.78 is 7.32. The Morgan fingerprint density at radius 3 is 2.96 bits per heavy atom. The molecule has 4 heterocycles. The Bertz CT molecular complexity index is 741. The SMILES string of the molecule is CC[C@@H]1C(=O)N(C)c2cnc(-n3ccnc3)nc2N1C1CCOC1. The fourth-order valence-electron chi connectivity index (χ4n) is 3.43. The van der Waals surface area contributed by atoms with E-state index in [2.05, 4.69) is 14.9 Å². The van der Waals surface area contributed by atoms with Gasteiger partial charge in [-0.3, -0.25) is 9.36 Å². The Balaban J connectivity index is 1.84. The third-order valence-corrected chi connectivity index (χ3v) is 4.72. The van der Waals surface area contributed by atoms with Crippen LogP contribution in [-0.2, 0) is 9.53 Å². The molecule has 24 heavy (non-hydrogen) atoms. The lowest BCUT2D eigenvalue weighted by Crippen LogP contribution is -2.56. The number of aromatic nitrogens is 4. The van der Waals surface area contributed by atoms with Crippen LogP contribution < -0.4 is 9.80 Å². The Kier molecular flexibility index (Phi) is 3.68. The van der Waals surface area contributed by atoms with Crippen molar-refractivity contribution >= 4 is 17.4 Å². The highest BCUT2D eigenvalue weighted by Gasteiger charge is 2.41. The molecule has 0 saturated carbocycles. The van der Waals surface area contributed by atoms with Gasteiger partial charge >= 0.3 is 0 Å². The molecule has 0 bridgehead atoms. The Morgan fingerprint density at radius 1 is 1.42 bits per heavy atom. The van der Waals surface area contributed by atoms with E-state index in [-0.39, 0.29) is 18.0 Å². The smallest absolute Gasteiger partial charge is 0.249 e. The minimum absolute atomic E-state index is 0.0795. The minimum Gasteiger partial charge on any atom is -0.379 e. The number of hydrogen-bond acceptors (Lipinski definition) is 6. The zero-order valence-electron chi connectivity index (χ0n) is 13.8. The van der Waals surface area contributed by atoms with E-state index in [1.807, 2.05) is 6.92 Å². The van der Waals surface area contributed by atoms with Gasteiger partial charge < -0.3 is 14.5 Å². The second-order valence-corrected chi connectivity index (χ2v) is 6.09. The Morgan fingerprint density at radius 2 is 2.29 bits per heavy atom. The highest BCUT2D eigenvalue weighted by atomic mass is 16.5. The van der Waals surface area contributed by atoms with Crippen LogP contribution in [0.1, 0.15) is 19.8 Å². The highest BCUT2D eigenvalue weighted by Crippen LogP contribution is 2.37. The summed E-state index contributed by atoms with van der Waals surface area (Å²) >= 11 is 0. The highest BCUT2D eigenvalue weighted by molar-refractivity contribution is 6.04. The fourth-order valence-corrected chi connectivity index (χ4v) is 3.43. The molecule has 1 unspecified atom stereocenters. The van der Waals surface area contributed by atoms with Gasteiger partial charge in [0, 0.05) is 26.0 Å². The second-order valence-electron chi connectivity index (χ2n) is 6.09. The first-order valence-corrected chi connectivity index (χ1v) is 8.19. The number of fused-ring (bicyclic) bond motifs is 1. The van der Waals surface area contributed by atoms with E-state index in [0.717, 1.165) is 31.0 Å². The topological polar surface area (TPSA) is 76.4 Å². The first-order valence-electron chi connectivity index (χ1n) is 8.19. The number of nitrogens with zero attached hydrogens (tertiary/aromatic N) is 6. The van der Waals surface area contributed by atoms with Crippen LogP contribution in [-0.4, -0.2) is 57.8 Å². The number of ether oxygens (including phenoxy) is 1. The molecular formula is C16H20N6O2. The average Bonchev–Trinajstić information content (AvgIpc) is 3.30. The van der Waals surface area contributed by atoms with Gasteiger partial charge in [-0.25, -0.2) is 9.97 Å². The molecule has 0 spiro atoms. The summed E-state index contributed by atoms with van der Waals surface area (Å²) in [5.41, 5.74) is 0.737. The van der Waals surface area contributed by atoms with E-state index < -0.39 is 0 Å². The van der Waals surface area contributed by atoms with Crippen molar-refractivity contribution < 1.29 is 9.53 Å². The zero-order valence-corrected chi connectivity index (χ0v) is 13.8. The monoisotopic (exact) mass is 328 g/mol. The predicted octanol–water partition coefficient (Wildman–Crippen LogP) is 1.01. The predicted molar refractivity (Wildman–Crippen MR) is 88.3 cm³/mol. The Hall–Kier alpha value is -2.48. The quantitative estimate of drug-likeness (QED) is 0.837. The van der Waals surface area contributed by atoms with Crippen LogP contribution in [0.2, 0.25) is 0 Å². The van der Waals surface area contributed by atoms with E-state index >= 15 is 0 Å². The van der Waals surface area contributed by atoms with Crippen LogP contribution in [0, 0.1) is 0 Å². The molecule has 2 aromatic rings. The molecule has 1 amide bonds. The van der Waals surface area contributed by atoms with Crippen molar-refractivity contribution in [2.24, 2.45) is 0 Å². The van der Waals surface area contributed by atoms with Gasteiger partial charge in [-0.15, -0.1) is 0 Å². The number of likely N-dealkylation sites (N-methyl/N-ethyl adjacent to an activating group) is 1. The maximum atomic E-state index is 12.8. The maximum absolute atomic E-state index is 12.8. The summed E-state index contributed by atoms with van der Waals surface area (Å²) in [5.74, 6) is 1.42. The Labute approximate surface area is 140 Å². The first kappa shape index (κ1) is 15.1.